The minimum absolute atomic E-state index is 0.0926. The summed E-state index contributed by atoms with van der Waals surface area (Å²) in [6.45, 7) is 0.357. The van der Waals surface area contributed by atoms with Crippen molar-refractivity contribution in [2.24, 2.45) is 0 Å². The van der Waals surface area contributed by atoms with Gasteiger partial charge in [-0.05, 0) is 35.7 Å². The number of hydrogen-bond donors (Lipinski definition) is 1. The average molecular weight is 478 g/mol. The molecule has 9 heteroatoms. The van der Waals surface area contributed by atoms with E-state index in [0.717, 1.165) is 10.3 Å². The van der Waals surface area contributed by atoms with Gasteiger partial charge < -0.3 is 14.5 Å². The standard InChI is InChI=1S/C24H19N3O4S2/c1-30-16-7-4-6-15(12-16)25-20(28)14-33-24-26-21-18-9-2-3-10-19(18)31-22(21)23(29)27(24)13-17-8-5-11-32-17/h2-12H,13-14H2,1H3,(H,25,28). The van der Waals surface area contributed by atoms with Crippen LogP contribution in [-0.4, -0.2) is 28.3 Å². The Balaban J connectivity index is 1.47. The molecule has 0 radical (unpaired) electrons. The van der Waals surface area contributed by atoms with E-state index in [9.17, 15) is 9.59 Å². The van der Waals surface area contributed by atoms with E-state index in [-0.39, 0.29) is 22.8 Å². The first-order valence-electron chi connectivity index (χ1n) is 10.1. The molecule has 1 N–H and O–H groups in total. The average Bonchev–Trinajstić information content (AvgIpc) is 3.48. The van der Waals surface area contributed by atoms with E-state index in [0.29, 0.717) is 34.2 Å². The number of benzene rings is 2. The molecule has 33 heavy (non-hydrogen) atoms. The Labute approximate surface area is 197 Å². The summed E-state index contributed by atoms with van der Waals surface area (Å²) in [7, 11) is 1.57. The van der Waals surface area contributed by atoms with E-state index in [4.69, 9.17) is 14.1 Å². The van der Waals surface area contributed by atoms with Gasteiger partial charge in [0.15, 0.2) is 5.16 Å². The third-order valence-electron chi connectivity index (χ3n) is 5.03. The number of nitrogens with one attached hydrogen (secondary N) is 1. The molecule has 166 valence electrons. The number of hydrogen-bond acceptors (Lipinski definition) is 7. The van der Waals surface area contributed by atoms with E-state index in [2.05, 4.69) is 5.32 Å². The number of amides is 1. The first-order chi connectivity index (χ1) is 16.1. The van der Waals surface area contributed by atoms with Gasteiger partial charge in [0.25, 0.3) is 5.56 Å². The molecule has 3 aromatic heterocycles. The number of nitrogens with zero attached hydrogens (tertiary/aromatic N) is 2. The maximum absolute atomic E-state index is 13.4. The molecule has 0 fully saturated rings. The van der Waals surface area contributed by atoms with Gasteiger partial charge in [0.05, 0.1) is 19.4 Å². The van der Waals surface area contributed by atoms with Gasteiger partial charge in [0, 0.05) is 22.0 Å². The fourth-order valence-corrected chi connectivity index (χ4v) is 4.97. The molecule has 0 bridgehead atoms. The monoisotopic (exact) mass is 477 g/mol. The highest BCUT2D eigenvalue weighted by molar-refractivity contribution is 7.99. The van der Waals surface area contributed by atoms with Crippen LogP contribution in [0.3, 0.4) is 0 Å². The van der Waals surface area contributed by atoms with Crippen molar-refractivity contribution in [3.8, 4) is 5.75 Å². The lowest BCUT2D eigenvalue weighted by atomic mass is 10.2. The van der Waals surface area contributed by atoms with Gasteiger partial charge in [0.1, 0.15) is 16.8 Å². The zero-order chi connectivity index (χ0) is 22.8. The van der Waals surface area contributed by atoms with E-state index in [1.165, 1.54) is 11.8 Å². The van der Waals surface area contributed by atoms with Crippen molar-refractivity contribution >= 4 is 56.8 Å². The summed E-state index contributed by atoms with van der Waals surface area (Å²) >= 11 is 2.78. The molecule has 7 nitrogen and oxygen atoms in total. The SMILES string of the molecule is COc1cccc(NC(=O)CSc2nc3c(oc4ccccc43)c(=O)n2Cc2cccs2)c1. The molecule has 1 amide bonds. The van der Waals surface area contributed by atoms with E-state index in [1.807, 2.05) is 47.8 Å². The molecule has 5 aromatic rings. The lowest BCUT2D eigenvalue weighted by molar-refractivity contribution is -0.113. The van der Waals surface area contributed by atoms with Crippen molar-refractivity contribution in [2.75, 3.05) is 18.2 Å². The van der Waals surface area contributed by atoms with Crippen LogP contribution in [0.15, 0.2) is 80.4 Å². The van der Waals surface area contributed by atoms with E-state index < -0.39 is 0 Å². The van der Waals surface area contributed by atoms with Crippen molar-refractivity contribution in [3.05, 3.63) is 81.3 Å². The molecule has 0 aliphatic carbocycles. The van der Waals surface area contributed by atoms with Crippen LogP contribution in [0.4, 0.5) is 5.69 Å². The van der Waals surface area contributed by atoms with E-state index >= 15 is 0 Å². The molecule has 5 rings (SSSR count). The number of ether oxygens (including phenoxy) is 1. The van der Waals surface area contributed by atoms with Crippen molar-refractivity contribution < 1.29 is 13.9 Å². The molecule has 3 heterocycles. The molecule has 0 unspecified atom stereocenters. The first-order valence-corrected chi connectivity index (χ1v) is 12.0. The van der Waals surface area contributed by atoms with Crippen LogP contribution in [0.25, 0.3) is 22.1 Å². The second-order valence-corrected chi connectivity index (χ2v) is 9.18. The number of carbonyl (C=O) groups is 1. The summed E-state index contributed by atoms with van der Waals surface area (Å²) < 4.78 is 12.6. The smallest absolute Gasteiger partial charge is 0.298 e. The normalized spacial score (nSPS) is 11.2. The Morgan fingerprint density at radius 1 is 1.18 bits per heavy atom. The number of furan rings is 1. The number of thiophene rings is 1. The van der Waals surface area contributed by atoms with Crippen LogP contribution in [0, 0.1) is 0 Å². The fourth-order valence-electron chi connectivity index (χ4n) is 3.49. The highest BCUT2D eigenvalue weighted by Gasteiger charge is 2.19. The minimum Gasteiger partial charge on any atom is -0.497 e. The van der Waals surface area contributed by atoms with Gasteiger partial charge in [-0.3, -0.25) is 14.2 Å². The topological polar surface area (TPSA) is 86.4 Å². The molecule has 0 saturated carbocycles. The summed E-state index contributed by atoms with van der Waals surface area (Å²) in [4.78, 5) is 31.7. The number of rotatable bonds is 7. The Morgan fingerprint density at radius 3 is 2.88 bits per heavy atom. The maximum atomic E-state index is 13.4. The summed E-state index contributed by atoms with van der Waals surface area (Å²) in [5.74, 6) is 0.543. The van der Waals surface area contributed by atoms with E-state index in [1.54, 1.807) is 41.2 Å². The van der Waals surface area contributed by atoms with Crippen molar-refractivity contribution in [1.29, 1.82) is 0 Å². The van der Waals surface area contributed by atoms with Crippen LogP contribution in [0.5, 0.6) is 5.75 Å². The lowest BCUT2D eigenvalue weighted by Crippen LogP contribution is -2.24. The van der Waals surface area contributed by atoms with Gasteiger partial charge >= 0.3 is 0 Å². The Kier molecular flexibility index (Phi) is 5.89. The number of anilines is 1. The Morgan fingerprint density at radius 2 is 2.06 bits per heavy atom. The number of para-hydroxylation sites is 1. The molecule has 0 saturated heterocycles. The van der Waals surface area contributed by atoms with Crippen LogP contribution in [0.2, 0.25) is 0 Å². The van der Waals surface area contributed by atoms with Gasteiger partial charge in [-0.1, -0.05) is 36.0 Å². The van der Waals surface area contributed by atoms with Crippen LogP contribution in [0.1, 0.15) is 4.88 Å². The number of aromatic nitrogens is 2. The van der Waals surface area contributed by atoms with Gasteiger partial charge in [-0.25, -0.2) is 4.98 Å². The summed E-state index contributed by atoms with van der Waals surface area (Å²) in [5.41, 5.74) is 1.71. The van der Waals surface area contributed by atoms with Crippen LogP contribution in [-0.2, 0) is 11.3 Å². The van der Waals surface area contributed by atoms with Crippen molar-refractivity contribution in [1.82, 2.24) is 9.55 Å². The number of fused-ring (bicyclic) bond motifs is 3. The third-order valence-corrected chi connectivity index (χ3v) is 6.86. The van der Waals surface area contributed by atoms with Gasteiger partial charge in [-0.15, -0.1) is 11.3 Å². The predicted molar refractivity (Wildman–Crippen MR) is 132 cm³/mol. The Hall–Kier alpha value is -3.56. The number of methoxy groups -OCH3 is 1. The molecular weight excluding hydrogens is 458 g/mol. The van der Waals surface area contributed by atoms with Gasteiger partial charge in [0.2, 0.25) is 11.5 Å². The zero-order valence-electron chi connectivity index (χ0n) is 17.6. The molecule has 2 aromatic carbocycles. The molecule has 0 spiro atoms. The van der Waals surface area contributed by atoms with Crippen LogP contribution >= 0.6 is 23.1 Å². The highest BCUT2D eigenvalue weighted by atomic mass is 32.2. The molecule has 0 atom stereocenters. The minimum atomic E-state index is -0.264. The quantitative estimate of drug-likeness (QED) is 0.262. The molecule has 0 aliphatic heterocycles. The summed E-state index contributed by atoms with van der Waals surface area (Å²) in [6.07, 6.45) is 0. The maximum Gasteiger partial charge on any atom is 0.298 e. The lowest BCUT2D eigenvalue weighted by Gasteiger charge is -2.11. The van der Waals surface area contributed by atoms with Crippen molar-refractivity contribution in [2.45, 2.75) is 11.7 Å². The van der Waals surface area contributed by atoms with Gasteiger partial charge in [-0.2, -0.15) is 0 Å². The second-order valence-electron chi connectivity index (χ2n) is 7.21. The second kappa shape index (κ2) is 9.13. The van der Waals surface area contributed by atoms with Crippen molar-refractivity contribution in [3.63, 3.8) is 0 Å². The molecule has 0 aliphatic rings. The van der Waals surface area contributed by atoms with Crippen LogP contribution < -0.4 is 15.6 Å². The molecular formula is C24H19N3O4S2. The fraction of sp³-hybridized carbons (Fsp3) is 0.125. The number of carbonyl (C=O) groups excluding carboxylic acids is 1. The number of thioether (sulfide) groups is 1. The third kappa shape index (κ3) is 4.37. The zero-order valence-corrected chi connectivity index (χ0v) is 19.2. The highest BCUT2D eigenvalue weighted by Crippen LogP contribution is 2.28. The predicted octanol–water partition coefficient (Wildman–Crippen LogP) is 4.99. The largest absolute Gasteiger partial charge is 0.497 e. The summed E-state index contributed by atoms with van der Waals surface area (Å²) in [5, 5.41) is 6.06. The first kappa shape index (κ1) is 21.3. The Bertz CT molecular complexity index is 1510. The summed E-state index contributed by atoms with van der Waals surface area (Å²) in [6, 6.07) is 18.5.